The third kappa shape index (κ3) is 3.85. The Morgan fingerprint density at radius 1 is 1.20 bits per heavy atom. The minimum absolute atomic E-state index is 0.229. The van der Waals surface area contributed by atoms with Gasteiger partial charge in [-0.2, -0.15) is 0 Å². The van der Waals surface area contributed by atoms with E-state index < -0.39 is 0 Å². The Labute approximate surface area is 146 Å². The predicted molar refractivity (Wildman–Crippen MR) is 97.3 cm³/mol. The van der Waals surface area contributed by atoms with Crippen LogP contribution < -0.4 is 10.6 Å². The van der Waals surface area contributed by atoms with Crippen LogP contribution in [0.4, 0.5) is 17.2 Å². The average molecular weight is 336 g/mol. The van der Waals surface area contributed by atoms with Crippen LogP contribution in [-0.2, 0) is 6.42 Å². The van der Waals surface area contributed by atoms with E-state index in [1.54, 1.807) is 24.4 Å². The van der Waals surface area contributed by atoms with Crippen LogP contribution in [0.3, 0.4) is 0 Å². The number of rotatable bonds is 5. The highest BCUT2D eigenvalue weighted by Gasteiger charge is 2.12. The quantitative estimate of drug-likeness (QED) is 0.728. The molecule has 128 valence electrons. The van der Waals surface area contributed by atoms with Gasteiger partial charge in [-0.05, 0) is 43.5 Å². The van der Waals surface area contributed by atoms with Gasteiger partial charge in [-0.1, -0.05) is 30.3 Å². The van der Waals surface area contributed by atoms with Crippen LogP contribution >= 0.6 is 0 Å². The van der Waals surface area contributed by atoms with Crippen LogP contribution in [0.1, 0.15) is 34.3 Å². The van der Waals surface area contributed by atoms with Gasteiger partial charge in [0.05, 0.1) is 11.9 Å². The first kappa shape index (κ1) is 16.7. The van der Waals surface area contributed by atoms with Crippen molar-refractivity contribution in [2.75, 3.05) is 10.6 Å². The molecule has 0 unspecified atom stereocenters. The Balaban J connectivity index is 1.73. The molecule has 25 heavy (non-hydrogen) atoms. The van der Waals surface area contributed by atoms with Crippen molar-refractivity contribution >= 4 is 23.1 Å². The van der Waals surface area contributed by atoms with Gasteiger partial charge in [0.25, 0.3) is 5.91 Å². The van der Waals surface area contributed by atoms with Crippen molar-refractivity contribution in [3.63, 3.8) is 0 Å². The molecule has 6 nitrogen and oxygen atoms in total. The summed E-state index contributed by atoms with van der Waals surface area (Å²) in [5.74, 6) is 1.09. The van der Waals surface area contributed by atoms with E-state index in [2.05, 4.69) is 27.7 Å². The fraction of sp³-hybridized carbons (Fsp3) is 0.211. The summed E-state index contributed by atoms with van der Waals surface area (Å²) in [6, 6.07) is 11.2. The number of amides is 1. The molecule has 0 saturated heterocycles. The molecule has 0 spiro atoms. The van der Waals surface area contributed by atoms with Gasteiger partial charge in [0.2, 0.25) is 0 Å². The van der Waals surface area contributed by atoms with Crippen molar-refractivity contribution in [1.29, 1.82) is 0 Å². The lowest BCUT2D eigenvalue weighted by molar-refractivity contribution is 0.102. The molecule has 2 N–H and O–H groups in total. The zero-order valence-electron chi connectivity index (χ0n) is 14.5. The van der Waals surface area contributed by atoms with Gasteiger partial charge >= 0.3 is 0 Å². The molecule has 0 aliphatic rings. The molecule has 3 aromatic rings. The standard InChI is InChI=1S/C19H20N4O2/c1-4-14-7-5-6-12(2)18(14)22-19(24)16-9-8-15(11-20-16)21-17-10-13(3)25-23-17/h5-11H,4H2,1-3H3,(H,21,23)(H,22,24). The second-order valence-electron chi connectivity index (χ2n) is 5.80. The summed E-state index contributed by atoms with van der Waals surface area (Å²) in [4.78, 5) is 16.7. The van der Waals surface area contributed by atoms with Crippen LogP contribution in [0.2, 0.25) is 0 Å². The number of aryl methyl sites for hydroxylation is 3. The highest BCUT2D eigenvalue weighted by Crippen LogP contribution is 2.22. The lowest BCUT2D eigenvalue weighted by atomic mass is 10.1. The summed E-state index contributed by atoms with van der Waals surface area (Å²) >= 11 is 0. The Morgan fingerprint density at radius 3 is 2.68 bits per heavy atom. The number of aromatic nitrogens is 2. The molecule has 0 saturated carbocycles. The van der Waals surface area contributed by atoms with Crippen LogP contribution in [0, 0.1) is 13.8 Å². The number of hydrogen-bond donors (Lipinski definition) is 2. The van der Waals surface area contributed by atoms with Gasteiger partial charge < -0.3 is 15.2 Å². The van der Waals surface area contributed by atoms with Crippen molar-refractivity contribution in [3.05, 3.63) is 65.2 Å². The molecular formula is C19H20N4O2. The van der Waals surface area contributed by atoms with E-state index >= 15 is 0 Å². The maximum atomic E-state index is 12.5. The van der Waals surface area contributed by atoms with Crippen molar-refractivity contribution in [2.24, 2.45) is 0 Å². The maximum absolute atomic E-state index is 12.5. The number of hydrogen-bond acceptors (Lipinski definition) is 5. The minimum Gasteiger partial charge on any atom is -0.360 e. The number of benzene rings is 1. The second-order valence-corrected chi connectivity index (χ2v) is 5.80. The topological polar surface area (TPSA) is 80.0 Å². The normalized spacial score (nSPS) is 10.5. The Morgan fingerprint density at radius 2 is 2.04 bits per heavy atom. The predicted octanol–water partition coefficient (Wildman–Crippen LogP) is 4.24. The third-order valence-electron chi connectivity index (χ3n) is 3.88. The van der Waals surface area contributed by atoms with E-state index in [-0.39, 0.29) is 5.91 Å². The summed E-state index contributed by atoms with van der Waals surface area (Å²) in [7, 11) is 0. The number of nitrogens with zero attached hydrogens (tertiary/aromatic N) is 2. The van der Waals surface area contributed by atoms with Crippen molar-refractivity contribution in [3.8, 4) is 0 Å². The number of anilines is 3. The molecule has 2 aromatic heterocycles. The zero-order chi connectivity index (χ0) is 17.8. The number of carbonyl (C=O) groups is 1. The molecule has 2 heterocycles. The van der Waals surface area contributed by atoms with Gasteiger partial charge in [0.15, 0.2) is 5.82 Å². The summed E-state index contributed by atoms with van der Waals surface area (Å²) in [5.41, 5.74) is 4.08. The fourth-order valence-corrected chi connectivity index (χ4v) is 2.55. The van der Waals surface area contributed by atoms with Crippen molar-refractivity contribution in [1.82, 2.24) is 10.1 Å². The first-order valence-corrected chi connectivity index (χ1v) is 8.13. The van der Waals surface area contributed by atoms with Crippen LogP contribution in [0.5, 0.6) is 0 Å². The molecule has 0 aliphatic carbocycles. The first-order chi connectivity index (χ1) is 12.1. The highest BCUT2D eigenvalue weighted by molar-refractivity contribution is 6.03. The van der Waals surface area contributed by atoms with E-state index in [9.17, 15) is 4.79 Å². The van der Waals surface area contributed by atoms with Crippen LogP contribution in [0.15, 0.2) is 47.1 Å². The Bertz CT molecular complexity index is 885. The van der Waals surface area contributed by atoms with E-state index in [1.807, 2.05) is 32.0 Å². The molecular weight excluding hydrogens is 316 g/mol. The molecule has 3 rings (SSSR count). The van der Waals surface area contributed by atoms with Crippen LogP contribution in [0.25, 0.3) is 0 Å². The number of pyridine rings is 1. The second kappa shape index (κ2) is 7.17. The molecule has 1 aromatic carbocycles. The van der Waals surface area contributed by atoms with E-state index in [4.69, 9.17) is 4.52 Å². The SMILES string of the molecule is CCc1cccc(C)c1NC(=O)c1ccc(Nc2cc(C)on2)cn1. The average Bonchev–Trinajstić information content (AvgIpc) is 3.02. The van der Waals surface area contributed by atoms with Crippen molar-refractivity contribution in [2.45, 2.75) is 27.2 Å². The summed E-state index contributed by atoms with van der Waals surface area (Å²) < 4.78 is 5.00. The molecule has 0 bridgehead atoms. The molecule has 0 fully saturated rings. The van der Waals surface area contributed by atoms with Gasteiger partial charge in [-0.15, -0.1) is 0 Å². The highest BCUT2D eigenvalue weighted by atomic mass is 16.5. The lowest BCUT2D eigenvalue weighted by Gasteiger charge is -2.12. The van der Waals surface area contributed by atoms with Crippen molar-refractivity contribution < 1.29 is 9.32 Å². The van der Waals surface area contributed by atoms with E-state index in [1.165, 1.54) is 0 Å². The van der Waals surface area contributed by atoms with Gasteiger partial charge in [-0.25, -0.2) is 4.98 Å². The Kier molecular flexibility index (Phi) is 4.79. The smallest absolute Gasteiger partial charge is 0.274 e. The molecule has 1 amide bonds. The molecule has 6 heteroatoms. The lowest BCUT2D eigenvalue weighted by Crippen LogP contribution is -2.15. The largest absolute Gasteiger partial charge is 0.360 e. The van der Waals surface area contributed by atoms with Gasteiger partial charge in [-0.3, -0.25) is 4.79 Å². The third-order valence-corrected chi connectivity index (χ3v) is 3.88. The number of nitrogens with one attached hydrogen (secondary N) is 2. The monoisotopic (exact) mass is 336 g/mol. The first-order valence-electron chi connectivity index (χ1n) is 8.13. The maximum Gasteiger partial charge on any atom is 0.274 e. The zero-order valence-corrected chi connectivity index (χ0v) is 14.5. The molecule has 0 atom stereocenters. The molecule has 0 aliphatic heterocycles. The number of carbonyl (C=O) groups excluding carboxylic acids is 1. The Hall–Kier alpha value is -3.15. The molecule has 0 radical (unpaired) electrons. The van der Waals surface area contributed by atoms with Gasteiger partial charge in [0, 0.05) is 11.8 Å². The summed E-state index contributed by atoms with van der Waals surface area (Å²) in [5, 5.41) is 9.90. The van der Waals surface area contributed by atoms with Gasteiger partial charge in [0.1, 0.15) is 11.5 Å². The summed E-state index contributed by atoms with van der Waals surface area (Å²) in [6.07, 6.45) is 2.45. The minimum atomic E-state index is -0.229. The fourth-order valence-electron chi connectivity index (χ4n) is 2.55. The van der Waals surface area contributed by atoms with Crippen LogP contribution in [-0.4, -0.2) is 16.0 Å². The number of para-hydroxylation sites is 1. The van der Waals surface area contributed by atoms with E-state index in [0.29, 0.717) is 11.5 Å². The summed E-state index contributed by atoms with van der Waals surface area (Å²) in [6.45, 7) is 5.86. The van der Waals surface area contributed by atoms with E-state index in [0.717, 1.165) is 34.7 Å².